The third-order valence-corrected chi connectivity index (χ3v) is 3.55. The van der Waals surface area contributed by atoms with Crippen LogP contribution in [0.4, 0.5) is 0 Å². The van der Waals surface area contributed by atoms with Gasteiger partial charge >= 0.3 is 0 Å². The number of benzene rings is 1. The molecule has 0 aliphatic heterocycles. The van der Waals surface area contributed by atoms with Crippen molar-refractivity contribution in [3.8, 4) is 0 Å². The van der Waals surface area contributed by atoms with Crippen molar-refractivity contribution in [3.63, 3.8) is 0 Å². The van der Waals surface area contributed by atoms with Crippen LogP contribution in [0.5, 0.6) is 0 Å². The molecule has 0 N–H and O–H groups in total. The number of allylic oxidation sites excluding steroid dienone is 1. The monoisotopic (exact) mass is 244 g/mol. The minimum atomic E-state index is 0.0565. The van der Waals surface area contributed by atoms with E-state index in [1.54, 1.807) is 0 Å². The maximum Gasteiger partial charge on any atom is 0.140 e. The lowest BCUT2D eigenvalue weighted by atomic mass is 9.81. The molecule has 0 heterocycles. The SMILES string of the molecule is C=CCCCC(=O)C(c1ccccc1)C(C)CC. The van der Waals surface area contributed by atoms with Crippen LogP contribution in [-0.4, -0.2) is 5.78 Å². The Kier molecular flexibility index (Phi) is 6.42. The van der Waals surface area contributed by atoms with Gasteiger partial charge in [0.1, 0.15) is 5.78 Å². The molecule has 0 aliphatic rings. The largest absolute Gasteiger partial charge is 0.299 e. The van der Waals surface area contributed by atoms with Gasteiger partial charge in [0.25, 0.3) is 0 Å². The average molecular weight is 244 g/mol. The van der Waals surface area contributed by atoms with E-state index in [1.165, 1.54) is 0 Å². The van der Waals surface area contributed by atoms with E-state index in [2.05, 4.69) is 32.6 Å². The third kappa shape index (κ3) is 4.14. The van der Waals surface area contributed by atoms with Gasteiger partial charge < -0.3 is 0 Å². The molecule has 0 radical (unpaired) electrons. The van der Waals surface area contributed by atoms with Crippen molar-refractivity contribution in [2.45, 2.75) is 45.4 Å². The van der Waals surface area contributed by atoms with Crippen molar-refractivity contribution in [2.24, 2.45) is 5.92 Å². The molecule has 1 rings (SSSR count). The summed E-state index contributed by atoms with van der Waals surface area (Å²) in [4.78, 5) is 12.4. The number of hydrogen-bond donors (Lipinski definition) is 0. The first kappa shape index (κ1) is 14.7. The molecule has 0 aliphatic carbocycles. The van der Waals surface area contributed by atoms with Gasteiger partial charge in [0.2, 0.25) is 0 Å². The molecule has 0 spiro atoms. The molecule has 18 heavy (non-hydrogen) atoms. The molecular weight excluding hydrogens is 220 g/mol. The van der Waals surface area contributed by atoms with Gasteiger partial charge in [0, 0.05) is 12.3 Å². The quantitative estimate of drug-likeness (QED) is 0.477. The van der Waals surface area contributed by atoms with Crippen LogP contribution in [0.25, 0.3) is 0 Å². The Labute approximate surface area is 111 Å². The lowest BCUT2D eigenvalue weighted by molar-refractivity contribution is -0.121. The zero-order valence-corrected chi connectivity index (χ0v) is 11.6. The van der Waals surface area contributed by atoms with Gasteiger partial charge in [-0.3, -0.25) is 4.79 Å². The molecule has 1 aromatic rings. The van der Waals surface area contributed by atoms with E-state index < -0.39 is 0 Å². The van der Waals surface area contributed by atoms with Crippen LogP contribution in [0.15, 0.2) is 43.0 Å². The zero-order chi connectivity index (χ0) is 13.4. The van der Waals surface area contributed by atoms with Gasteiger partial charge in [-0.15, -0.1) is 6.58 Å². The predicted octanol–water partition coefficient (Wildman–Crippen LogP) is 4.74. The van der Waals surface area contributed by atoms with Crippen molar-refractivity contribution < 1.29 is 4.79 Å². The van der Waals surface area contributed by atoms with Gasteiger partial charge in [-0.2, -0.15) is 0 Å². The molecule has 1 nitrogen and oxygen atoms in total. The van der Waals surface area contributed by atoms with E-state index in [1.807, 2.05) is 24.3 Å². The van der Waals surface area contributed by atoms with Gasteiger partial charge in [0.15, 0.2) is 0 Å². The molecule has 98 valence electrons. The van der Waals surface area contributed by atoms with Gasteiger partial charge in [0.05, 0.1) is 0 Å². The summed E-state index contributed by atoms with van der Waals surface area (Å²) in [6.07, 6.45) is 5.42. The molecular formula is C17H24O. The second kappa shape index (κ2) is 7.86. The number of carbonyl (C=O) groups is 1. The number of carbonyl (C=O) groups excluding carboxylic acids is 1. The molecule has 2 unspecified atom stereocenters. The summed E-state index contributed by atoms with van der Waals surface area (Å²) in [6.45, 7) is 8.02. The topological polar surface area (TPSA) is 17.1 Å². The van der Waals surface area contributed by atoms with Gasteiger partial charge in [-0.25, -0.2) is 0 Å². The molecule has 0 aromatic heterocycles. The summed E-state index contributed by atoms with van der Waals surface area (Å²) in [5.74, 6) is 0.835. The summed E-state index contributed by atoms with van der Waals surface area (Å²) in [6, 6.07) is 10.2. The minimum absolute atomic E-state index is 0.0565. The van der Waals surface area contributed by atoms with Crippen molar-refractivity contribution in [1.29, 1.82) is 0 Å². The molecule has 0 amide bonds. The highest BCUT2D eigenvalue weighted by Gasteiger charge is 2.24. The smallest absolute Gasteiger partial charge is 0.140 e. The first-order valence-electron chi connectivity index (χ1n) is 6.89. The van der Waals surface area contributed by atoms with E-state index in [0.717, 1.165) is 24.8 Å². The van der Waals surface area contributed by atoms with Gasteiger partial charge in [-0.05, 0) is 24.3 Å². The fraction of sp³-hybridized carbons (Fsp3) is 0.471. The number of rotatable bonds is 8. The summed E-state index contributed by atoms with van der Waals surface area (Å²) in [5, 5.41) is 0. The third-order valence-electron chi connectivity index (χ3n) is 3.55. The van der Waals surface area contributed by atoms with Crippen molar-refractivity contribution in [3.05, 3.63) is 48.6 Å². The first-order chi connectivity index (χ1) is 8.70. The highest BCUT2D eigenvalue weighted by atomic mass is 16.1. The fourth-order valence-corrected chi connectivity index (χ4v) is 2.30. The molecule has 2 atom stereocenters. The standard InChI is InChI=1S/C17H24O/c1-4-6-8-13-16(18)17(14(3)5-2)15-11-9-7-10-12-15/h4,7,9-12,14,17H,1,5-6,8,13H2,2-3H3. The van der Waals surface area contributed by atoms with E-state index >= 15 is 0 Å². The van der Waals surface area contributed by atoms with Crippen molar-refractivity contribution in [1.82, 2.24) is 0 Å². The van der Waals surface area contributed by atoms with E-state index in [4.69, 9.17) is 0 Å². The number of hydrogen-bond acceptors (Lipinski definition) is 1. The molecule has 1 heteroatoms. The van der Waals surface area contributed by atoms with Crippen LogP contribution >= 0.6 is 0 Å². The van der Waals surface area contributed by atoms with Crippen molar-refractivity contribution in [2.75, 3.05) is 0 Å². The van der Waals surface area contributed by atoms with E-state index in [-0.39, 0.29) is 5.92 Å². The molecule has 0 saturated carbocycles. The molecule has 1 aromatic carbocycles. The Balaban J connectivity index is 2.79. The molecule has 0 saturated heterocycles. The maximum absolute atomic E-state index is 12.4. The van der Waals surface area contributed by atoms with Gasteiger partial charge in [-0.1, -0.05) is 56.7 Å². The van der Waals surface area contributed by atoms with E-state index in [9.17, 15) is 4.79 Å². The van der Waals surface area contributed by atoms with Crippen molar-refractivity contribution >= 4 is 5.78 Å². The van der Waals surface area contributed by atoms with Crippen LogP contribution in [0.3, 0.4) is 0 Å². The Morgan fingerprint density at radius 3 is 2.56 bits per heavy atom. The lowest BCUT2D eigenvalue weighted by Gasteiger charge is -2.22. The minimum Gasteiger partial charge on any atom is -0.299 e. The highest BCUT2D eigenvalue weighted by Crippen LogP contribution is 2.29. The summed E-state index contributed by atoms with van der Waals surface area (Å²) >= 11 is 0. The zero-order valence-electron chi connectivity index (χ0n) is 11.6. The van der Waals surface area contributed by atoms with Crippen LogP contribution in [0.1, 0.15) is 51.0 Å². The van der Waals surface area contributed by atoms with E-state index in [0.29, 0.717) is 18.1 Å². The molecule has 0 fully saturated rings. The molecule has 0 bridgehead atoms. The maximum atomic E-state index is 12.4. The number of ketones is 1. The lowest BCUT2D eigenvalue weighted by Crippen LogP contribution is -2.19. The average Bonchev–Trinajstić information content (AvgIpc) is 2.40. The summed E-state index contributed by atoms with van der Waals surface area (Å²) in [5.41, 5.74) is 1.16. The van der Waals surface area contributed by atoms with Crippen LogP contribution in [-0.2, 0) is 4.79 Å². The number of Topliss-reactive ketones (excluding diaryl/α,β-unsaturated/α-hetero) is 1. The highest BCUT2D eigenvalue weighted by molar-refractivity contribution is 5.86. The summed E-state index contributed by atoms with van der Waals surface area (Å²) < 4.78 is 0. The first-order valence-corrected chi connectivity index (χ1v) is 6.89. The van der Waals surface area contributed by atoms with Crippen LogP contribution in [0.2, 0.25) is 0 Å². The van der Waals surface area contributed by atoms with Crippen LogP contribution in [0, 0.1) is 5.92 Å². The predicted molar refractivity (Wildman–Crippen MR) is 77.7 cm³/mol. The second-order valence-electron chi connectivity index (χ2n) is 4.92. The number of unbranched alkanes of at least 4 members (excludes halogenated alkanes) is 1. The Morgan fingerprint density at radius 2 is 2.00 bits per heavy atom. The second-order valence-corrected chi connectivity index (χ2v) is 4.92. The van der Waals surface area contributed by atoms with Crippen LogP contribution < -0.4 is 0 Å². The fourth-order valence-electron chi connectivity index (χ4n) is 2.30. The Bertz CT molecular complexity index is 366. The Hall–Kier alpha value is -1.37. The normalized spacial score (nSPS) is 13.9. The summed E-state index contributed by atoms with van der Waals surface area (Å²) in [7, 11) is 0. The Morgan fingerprint density at radius 1 is 1.33 bits per heavy atom.